The number of ether oxygens (including phenoxy) is 1. The molecule has 1 aliphatic carbocycles. The van der Waals surface area contributed by atoms with E-state index in [4.69, 9.17) is 9.26 Å². The highest BCUT2D eigenvalue weighted by Crippen LogP contribution is 2.24. The molecular weight excluding hydrogens is 320 g/mol. The Morgan fingerprint density at radius 3 is 2.61 bits per heavy atom. The molecule has 1 saturated carbocycles. The summed E-state index contributed by atoms with van der Waals surface area (Å²) < 4.78 is 38.1. The first-order valence-electron chi connectivity index (χ1n) is 7.95. The molecule has 0 N–H and O–H groups in total. The number of rotatable bonds is 8. The molecule has 132 valence electrons. The van der Waals surface area contributed by atoms with Gasteiger partial charge in [0.05, 0.1) is 13.2 Å². The van der Waals surface area contributed by atoms with Crippen LogP contribution in [0.2, 0.25) is 0 Å². The zero-order chi connectivity index (χ0) is 16.9. The van der Waals surface area contributed by atoms with Crippen LogP contribution in [0.25, 0.3) is 0 Å². The van der Waals surface area contributed by atoms with Crippen LogP contribution in [-0.4, -0.2) is 61.0 Å². The van der Waals surface area contributed by atoms with Gasteiger partial charge in [0.15, 0.2) is 5.82 Å². The van der Waals surface area contributed by atoms with E-state index in [0.717, 1.165) is 25.7 Å². The van der Waals surface area contributed by atoms with E-state index in [0.29, 0.717) is 24.7 Å². The Morgan fingerprint density at radius 2 is 1.96 bits per heavy atom. The fourth-order valence-corrected chi connectivity index (χ4v) is 4.08. The molecule has 9 heteroatoms. The van der Waals surface area contributed by atoms with Crippen molar-refractivity contribution in [2.45, 2.75) is 51.1 Å². The first-order chi connectivity index (χ1) is 10.9. The Balaban J connectivity index is 1.97. The van der Waals surface area contributed by atoms with Gasteiger partial charge in [0.2, 0.25) is 5.89 Å². The molecule has 0 saturated heterocycles. The van der Waals surface area contributed by atoms with Crippen molar-refractivity contribution in [2.24, 2.45) is 0 Å². The van der Waals surface area contributed by atoms with Crippen LogP contribution in [0.3, 0.4) is 0 Å². The molecule has 1 aromatic heterocycles. The van der Waals surface area contributed by atoms with E-state index in [-0.39, 0.29) is 12.6 Å². The van der Waals surface area contributed by atoms with Crippen LogP contribution >= 0.6 is 0 Å². The van der Waals surface area contributed by atoms with E-state index in [1.807, 2.05) is 0 Å². The van der Waals surface area contributed by atoms with Gasteiger partial charge in [-0.25, -0.2) is 0 Å². The summed E-state index contributed by atoms with van der Waals surface area (Å²) in [5.41, 5.74) is 0. The van der Waals surface area contributed by atoms with Crippen molar-refractivity contribution in [3.05, 3.63) is 11.7 Å². The van der Waals surface area contributed by atoms with Crippen LogP contribution < -0.4 is 0 Å². The minimum atomic E-state index is -3.53. The van der Waals surface area contributed by atoms with Gasteiger partial charge in [-0.1, -0.05) is 24.4 Å². The average Bonchev–Trinajstić information content (AvgIpc) is 3.00. The molecule has 0 atom stereocenters. The quantitative estimate of drug-likeness (QED) is 0.703. The Bertz CT molecular complexity index is 583. The molecule has 8 nitrogen and oxygen atoms in total. The first kappa shape index (κ1) is 18.3. The summed E-state index contributed by atoms with van der Waals surface area (Å²) in [5, 5.41) is 3.82. The fourth-order valence-electron chi connectivity index (χ4n) is 2.77. The highest BCUT2D eigenvalue weighted by atomic mass is 32.2. The molecular formula is C14H26N4O4S. The molecule has 0 aromatic carbocycles. The van der Waals surface area contributed by atoms with Crippen molar-refractivity contribution >= 4 is 10.2 Å². The number of hydrogen-bond acceptors (Lipinski definition) is 6. The van der Waals surface area contributed by atoms with E-state index in [1.54, 1.807) is 14.2 Å². The Kier molecular flexibility index (Phi) is 6.51. The fraction of sp³-hybridized carbons (Fsp3) is 0.857. The maximum atomic E-state index is 12.7. The third kappa shape index (κ3) is 4.72. The average molecular weight is 346 g/mol. The second kappa shape index (κ2) is 8.18. The molecule has 23 heavy (non-hydrogen) atoms. The SMILES string of the molecule is COCCc1noc(CN(C)S(=O)(=O)N(C)C2CCCCC2)n1. The molecule has 2 rings (SSSR count). The summed E-state index contributed by atoms with van der Waals surface area (Å²) in [6.07, 6.45) is 5.74. The summed E-state index contributed by atoms with van der Waals surface area (Å²) in [7, 11) is 1.26. The molecule has 1 aromatic rings. The molecule has 1 aliphatic rings. The molecule has 0 bridgehead atoms. The van der Waals surface area contributed by atoms with Gasteiger partial charge in [-0.15, -0.1) is 0 Å². The number of nitrogens with zero attached hydrogens (tertiary/aromatic N) is 4. The number of methoxy groups -OCH3 is 1. The van der Waals surface area contributed by atoms with Crippen LogP contribution in [0.4, 0.5) is 0 Å². The molecule has 0 radical (unpaired) electrons. The molecule has 0 amide bonds. The lowest BCUT2D eigenvalue weighted by Gasteiger charge is -2.32. The predicted molar refractivity (Wildman–Crippen MR) is 84.9 cm³/mol. The Morgan fingerprint density at radius 1 is 1.26 bits per heavy atom. The van der Waals surface area contributed by atoms with Crippen LogP contribution in [0, 0.1) is 0 Å². The second-order valence-electron chi connectivity index (χ2n) is 5.92. The molecule has 0 aliphatic heterocycles. The Hall–Kier alpha value is -1.03. The summed E-state index contributed by atoms with van der Waals surface area (Å²) >= 11 is 0. The normalized spacial score (nSPS) is 17.3. The third-order valence-electron chi connectivity index (χ3n) is 4.24. The third-order valence-corrected chi connectivity index (χ3v) is 6.19. The van der Waals surface area contributed by atoms with Crippen molar-refractivity contribution < 1.29 is 17.7 Å². The predicted octanol–water partition coefficient (Wildman–Crippen LogP) is 1.20. The van der Waals surface area contributed by atoms with Gasteiger partial charge in [-0.3, -0.25) is 0 Å². The van der Waals surface area contributed by atoms with Crippen LogP contribution in [0.5, 0.6) is 0 Å². The van der Waals surface area contributed by atoms with Gasteiger partial charge < -0.3 is 9.26 Å². The zero-order valence-electron chi connectivity index (χ0n) is 14.1. The maximum absolute atomic E-state index is 12.7. The molecule has 1 heterocycles. The van der Waals surface area contributed by atoms with E-state index in [1.165, 1.54) is 22.1 Å². The van der Waals surface area contributed by atoms with Crippen molar-refractivity contribution in [3.8, 4) is 0 Å². The summed E-state index contributed by atoms with van der Waals surface area (Å²) in [4.78, 5) is 4.19. The minimum Gasteiger partial charge on any atom is -0.384 e. The van der Waals surface area contributed by atoms with Crippen LogP contribution in [-0.2, 0) is 27.9 Å². The monoisotopic (exact) mass is 346 g/mol. The van der Waals surface area contributed by atoms with Gasteiger partial charge in [0.1, 0.15) is 0 Å². The van der Waals surface area contributed by atoms with Crippen LogP contribution in [0.15, 0.2) is 4.52 Å². The second-order valence-corrected chi connectivity index (χ2v) is 8.01. The van der Waals surface area contributed by atoms with E-state index in [2.05, 4.69) is 10.1 Å². The zero-order valence-corrected chi connectivity index (χ0v) is 14.9. The van der Waals surface area contributed by atoms with Crippen molar-refractivity contribution in [1.29, 1.82) is 0 Å². The van der Waals surface area contributed by atoms with Crippen LogP contribution in [0.1, 0.15) is 43.8 Å². The molecule has 0 unspecified atom stereocenters. The Labute approximate surface area is 138 Å². The van der Waals surface area contributed by atoms with Gasteiger partial charge in [-0.05, 0) is 12.8 Å². The highest BCUT2D eigenvalue weighted by Gasteiger charge is 2.31. The molecule has 0 spiro atoms. The first-order valence-corrected chi connectivity index (χ1v) is 9.34. The number of aromatic nitrogens is 2. The van der Waals surface area contributed by atoms with Gasteiger partial charge >= 0.3 is 0 Å². The topological polar surface area (TPSA) is 88.8 Å². The van der Waals surface area contributed by atoms with Crippen molar-refractivity contribution in [3.63, 3.8) is 0 Å². The highest BCUT2D eigenvalue weighted by molar-refractivity contribution is 7.86. The summed E-state index contributed by atoms with van der Waals surface area (Å²) in [6, 6.07) is 0.0798. The van der Waals surface area contributed by atoms with E-state index in [9.17, 15) is 8.42 Å². The lowest BCUT2D eigenvalue weighted by Crippen LogP contribution is -2.45. The maximum Gasteiger partial charge on any atom is 0.282 e. The van der Waals surface area contributed by atoms with Gasteiger partial charge in [0.25, 0.3) is 10.2 Å². The standard InChI is InChI=1S/C14H26N4O4S/c1-17(11-14-15-13(16-22-14)9-10-21-3)23(19,20)18(2)12-7-5-4-6-8-12/h12H,4-11H2,1-3H3. The minimum absolute atomic E-state index is 0.0688. The lowest BCUT2D eigenvalue weighted by atomic mass is 9.96. The van der Waals surface area contributed by atoms with Crippen molar-refractivity contribution in [2.75, 3.05) is 27.8 Å². The van der Waals surface area contributed by atoms with Crippen molar-refractivity contribution in [1.82, 2.24) is 18.8 Å². The largest absolute Gasteiger partial charge is 0.384 e. The smallest absolute Gasteiger partial charge is 0.282 e. The lowest BCUT2D eigenvalue weighted by molar-refractivity contribution is 0.199. The van der Waals surface area contributed by atoms with Gasteiger partial charge in [0, 0.05) is 33.7 Å². The number of hydrogen-bond donors (Lipinski definition) is 0. The van der Waals surface area contributed by atoms with E-state index >= 15 is 0 Å². The summed E-state index contributed by atoms with van der Waals surface area (Å²) in [5.74, 6) is 0.813. The summed E-state index contributed by atoms with van der Waals surface area (Å²) in [6.45, 7) is 0.566. The van der Waals surface area contributed by atoms with E-state index < -0.39 is 10.2 Å². The van der Waals surface area contributed by atoms with Gasteiger partial charge in [-0.2, -0.15) is 22.0 Å². The molecule has 1 fully saturated rings.